The molecule has 1 aliphatic heterocycles. The Hall–Kier alpha value is -1.74. The third-order valence-electron chi connectivity index (χ3n) is 2.95. The fourth-order valence-corrected chi connectivity index (χ4v) is 2.65. The largest absolute Gasteiger partial charge is 0.359 e. The van der Waals surface area contributed by atoms with E-state index in [1.165, 1.54) is 13.0 Å². The maximum Gasteiger partial charge on any atom is 0.314 e. The van der Waals surface area contributed by atoms with E-state index in [1.54, 1.807) is 0 Å². The molecule has 1 N–H and O–H groups in total. The molecule has 20 heavy (non-hydrogen) atoms. The molecule has 1 unspecified atom stereocenters. The van der Waals surface area contributed by atoms with Gasteiger partial charge in [0, 0.05) is 18.4 Å². The molecule has 1 saturated heterocycles. The Labute approximate surface area is 116 Å². The first kappa shape index (κ1) is 14.7. The molecule has 8 nitrogen and oxygen atoms in total. The van der Waals surface area contributed by atoms with Gasteiger partial charge < -0.3 is 10.1 Å². The normalized spacial score (nSPS) is 19.0. The first-order chi connectivity index (χ1) is 9.29. The second-order valence-corrected chi connectivity index (χ2v) is 6.61. The van der Waals surface area contributed by atoms with E-state index in [-0.39, 0.29) is 28.3 Å². The number of rotatable bonds is 4. The summed E-state index contributed by atoms with van der Waals surface area (Å²) in [5.41, 5.74) is 0.0128. The van der Waals surface area contributed by atoms with Crippen LogP contribution in [0.15, 0.2) is 11.1 Å². The highest BCUT2D eigenvalue weighted by atomic mass is 32.2. The maximum atomic E-state index is 11.6. The molecule has 0 aliphatic carbocycles. The molecule has 0 amide bonds. The molecule has 0 spiro atoms. The number of nitro groups is 1. The summed E-state index contributed by atoms with van der Waals surface area (Å²) in [6.07, 6.45) is 2.17. The Kier molecular flexibility index (Phi) is 3.91. The first-order valence-corrected chi connectivity index (χ1v) is 7.92. The van der Waals surface area contributed by atoms with E-state index < -0.39 is 14.8 Å². The molecule has 1 aromatic rings. The monoisotopic (exact) mass is 301 g/mol. The van der Waals surface area contributed by atoms with Crippen molar-refractivity contribution in [3.05, 3.63) is 21.7 Å². The molecule has 1 fully saturated rings. The number of nitrogens with one attached hydrogen (secondary N) is 1. The Morgan fingerprint density at radius 1 is 1.55 bits per heavy atom. The Morgan fingerprint density at radius 2 is 2.25 bits per heavy atom. The average molecular weight is 301 g/mol. The lowest BCUT2D eigenvalue weighted by molar-refractivity contribution is -0.384. The Balaban J connectivity index is 2.49. The zero-order valence-electron chi connectivity index (χ0n) is 11.1. The van der Waals surface area contributed by atoms with Crippen LogP contribution in [0.5, 0.6) is 0 Å². The van der Waals surface area contributed by atoms with Crippen molar-refractivity contribution in [2.75, 3.05) is 18.2 Å². The number of anilines is 1. The lowest BCUT2D eigenvalue weighted by Gasteiger charge is -2.14. The van der Waals surface area contributed by atoms with Gasteiger partial charge >= 0.3 is 5.69 Å². The number of aromatic nitrogens is 1. The number of pyridine rings is 1. The predicted octanol–water partition coefficient (Wildman–Crippen LogP) is 1.25. The van der Waals surface area contributed by atoms with E-state index >= 15 is 0 Å². The van der Waals surface area contributed by atoms with Gasteiger partial charge in [-0.1, -0.05) is 0 Å². The minimum Gasteiger partial charge on any atom is -0.359 e. The minimum atomic E-state index is -3.54. The second-order valence-electron chi connectivity index (χ2n) is 4.65. The van der Waals surface area contributed by atoms with Gasteiger partial charge in [-0.2, -0.15) is 0 Å². The van der Waals surface area contributed by atoms with Gasteiger partial charge in [-0.3, -0.25) is 10.1 Å². The predicted molar refractivity (Wildman–Crippen MR) is 71.3 cm³/mol. The maximum absolute atomic E-state index is 11.6. The van der Waals surface area contributed by atoms with Crippen LogP contribution in [0.4, 0.5) is 11.5 Å². The summed E-state index contributed by atoms with van der Waals surface area (Å²) in [5, 5.41) is 13.7. The lowest BCUT2D eigenvalue weighted by Crippen LogP contribution is -2.20. The van der Waals surface area contributed by atoms with Crippen LogP contribution in [-0.2, 0) is 14.6 Å². The van der Waals surface area contributed by atoms with Gasteiger partial charge in [0.25, 0.3) is 0 Å². The van der Waals surface area contributed by atoms with Crippen molar-refractivity contribution < 1.29 is 18.1 Å². The SMILES string of the molecule is Cc1cc(S(C)(=O)=O)nc(NC2CCCO2)c1[N+](=O)[O-]. The molecule has 0 radical (unpaired) electrons. The van der Waals surface area contributed by atoms with Crippen LogP contribution in [0.1, 0.15) is 18.4 Å². The van der Waals surface area contributed by atoms with Gasteiger partial charge in [0.1, 0.15) is 6.23 Å². The quantitative estimate of drug-likeness (QED) is 0.658. The number of nitrogens with zero attached hydrogens (tertiary/aromatic N) is 2. The summed E-state index contributed by atoms with van der Waals surface area (Å²) < 4.78 is 28.5. The van der Waals surface area contributed by atoms with Crippen molar-refractivity contribution in [1.29, 1.82) is 0 Å². The summed E-state index contributed by atoms with van der Waals surface area (Å²) >= 11 is 0. The van der Waals surface area contributed by atoms with E-state index in [4.69, 9.17) is 4.74 Å². The molecule has 2 rings (SSSR count). The smallest absolute Gasteiger partial charge is 0.314 e. The van der Waals surface area contributed by atoms with Gasteiger partial charge in [0.05, 0.1) is 4.92 Å². The molecular weight excluding hydrogens is 286 g/mol. The van der Waals surface area contributed by atoms with E-state index in [0.29, 0.717) is 13.0 Å². The molecule has 0 bridgehead atoms. The average Bonchev–Trinajstić information content (AvgIpc) is 2.79. The number of hydrogen-bond acceptors (Lipinski definition) is 7. The van der Waals surface area contributed by atoms with Crippen molar-refractivity contribution in [2.45, 2.75) is 31.0 Å². The molecular formula is C11H15N3O5S. The molecule has 1 aromatic heterocycles. The van der Waals surface area contributed by atoms with Crippen LogP contribution >= 0.6 is 0 Å². The van der Waals surface area contributed by atoms with Crippen LogP contribution in [0.3, 0.4) is 0 Å². The highest BCUT2D eigenvalue weighted by molar-refractivity contribution is 7.90. The van der Waals surface area contributed by atoms with E-state index in [1.807, 2.05) is 0 Å². The van der Waals surface area contributed by atoms with Crippen LogP contribution < -0.4 is 5.32 Å². The summed E-state index contributed by atoms with van der Waals surface area (Å²) in [5.74, 6) is -0.0673. The fourth-order valence-electron chi connectivity index (χ4n) is 2.00. The second kappa shape index (κ2) is 5.33. The molecule has 1 atom stereocenters. The summed E-state index contributed by atoms with van der Waals surface area (Å²) in [6.45, 7) is 2.05. The highest BCUT2D eigenvalue weighted by Crippen LogP contribution is 2.30. The van der Waals surface area contributed by atoms with Crippen molar-refractivity contribution >= 4 is 21.3 Å². The Morgan fingerprint density at radius 3 is 2.75 bits per heavy atom. The van der Waals surface area contributed by atoms with Gasteiger partial charge in [-0.15, -0.1) is 0 Å². The number of aryl methyl sites for hydroxylation is 1. The van der Waals surface area contributed by atoms with Crippen LogP contribution in [0.2, 0.25) is 0 Å². The zero-order chi connectivity index (χ0) is 14.9. The lowest BCUT2D eigenvalue weighted by atomic mass is 10.2. The third-order valence-corrected chi connectivity index (χ3v) is 3.92. The van der Waals surface area contributed by atoms with Gasteiger partial charge in [0.2, 0.25) is 5.82 Å². The topological polar surface area (TPSA) is 111 Å². The minimum absolute atomic E-state index is 0.0673. The fraction of sp³-hybridized carbons (Fsp3) is 0.545. The highest BCUT2D eigenvalue weighted by Gasteiger charge is 2.26. The van der Waals surface area contributed by atoms with Crippen molar-refractivity contribution in [3.63, 3.8) is 0 Å². The summed E-state index contributed by atoms with van der Waals surface area (Å²) in [6, 6.07) is 1.20. The number of ether oxygens (including phenoxy) is 1. The van der Waals surface area contributed by atoms with Crippen LogP contribution in [0.25, 0.3) is 0 Å². The molecule has 9 heteroatoms. The molecule has 2 heterocycles. The van der Waals surface area contributed by atoms with Crippen LogP contribution in [0, 0.1) is 17.0 Å². The van der Waals surface area contributed by atoms with E-state index in [2.05, 4.69) is 10.3 Å². The van der Waals surface area contributed by atoms with E-state index in [9.17, 15) is 18.5 Å². The van der Waals surface area contributed by atoms with Gasteiger partial charge in [0.15, 0.2) is 14.9 Å². The van der Waals surface area contributed by atoms with E-state index in [0.717, 1.165) is 12.7 Å². The zero-order valence-corrected chi connectivity index (χ0v) is 11.9. The van der Waals surface area contributed by atoms with Crippen LogP contribution in [-0.4, -0.2) is 37.4 Å². The number of hydrogen-bond donors (Lipinski definition) is 1. The third kappa shape index (κ3) is 3.05. The number of sulfone groups is 1. The first-order valence-electron chi connectivity index (χ1n) is 6.03. The summed E-state index contributed by atoms with van der Waals surface area (Å²) in [4.78, 5) is 14.4. The van der Waals surface area contributed by atoms with Crippen molar-refractivity contribution in [2.24, 2.45) is 0 Å². The summed E-state index contributed by atoms with van der Waals surface area (Å²) in [7, 11) is -3.54. The Bertz CT molecular complexity index is 638. The van der Waals surface area contributed by atoms with Crippen molar-refractivity contribution in [1.82, 2.24) is 4.98 Å². The molecule has 110 valence electrons. The van der Waals surface area contributed by atoms with Gasteiger partial charge in [-0.25, -0.2) is 13.4 Å². The van der Waals surface area contributed by atoms with Gasteiger partial charge in [-0.05, 0) is 25.8 Å². The molecule has 0 aromatic carbocycles. The standard InChI is InChI=1S/C11H15N3O5S/c1-7-6-9(20(2,17)18)13-11(10(7)14(15)16)12-8-4-3-5-19-8/h6,8H,3-5H2,1-2H3,(H,12,13). The molecule has 1 aliphatic rings. The van der Waals surface area contributed by atoms with Crippen molar-refractivity contribution in [3.8, 4) is 0 Å². The molecule has 0 saturated carbocycles.